The molecule has 0 amide bonds. The van der Waals surface area contributed by atoms with Gasteiger partial charge in [0.25, 0.3) is 0 Å². The van der Waals surface area contributed by atoms with Crippen LogP contribution in [0.25, 0.3) is 0 Å². The van der Waals surface area contributed by atoms with Crippen LogP contribution in [0.3, 0.4) is 0 Å². The highest BCUT2D eigenvalue weighted by Crippen LogP contribution is 2.67. The van der Waals surface area contributed by atoms with E-state index in [1.54, 1.807) is 0 Å². The molecule has 3 unspecified atom stereocenters. The maximum Gasteiger partial charge on any atom is 0.184 e. The molecule has 0 radical (unpaired) electrons. The van der Waals surface area contributed by atoms with Gasteiger partial charge >= 0.3 is 0 Å². The standard InChI is InChI=1S/C28H56O3Si3/c1-27-16-14-21(29-32(3,4)5)18-20(27)12-13-22-23(27)15-17-28(2)24(22)19-25(30-33(6,7)8)26(28)31-34(9,10)11/h20-26H,12-19H2,1-11H3/t20-,21+,22?,23?,24?,25-,26+,27+,28+/m1/s1. The zero-order valence-electron chi connectivity index (χ0n) is 24.4. The van der Waals surface area contributed by atoms with Crippen LogP contribution in [0.5, 0.6) is 0 Å². The largest absolute Gasteiger partial charge is 0.415 e. The number of rotatable bonds is 6. The van der Waals surface area contributed by atoms with Gasteiger partial charge in [0, 0.05) is 6.10 Å². The molecule has 3 nitrogen and oxygen atoms in total. The second kappa shape index (κ2) is 9.07. The molecular formula is C28H56O3Si3. The topological polar surface area (TPSA) is 27.7 Å². The fraction of sp³-hybridized carbons (Fsp3) is 1.00. The number of hydrogen-bond donors (Lipinski definition) is 0. The number of hydrogen-bond acceptors (Lipinski definition) is 3. The van der Waals surface area contributed by atoms with Crippen molar-refractivity contribution in [3.05, 3.63) is 0 Å². The summed E-state index contributed by atoms with van der Waals surface area (Å²) in [5.74, 6) is 3.37. The fourth-order valence-corrected chi connectivity index (χ4v) is 12.4. The van der Waals surface area contributed by atoms with Gasteiger partial charge in [0.2, 0.25) is 0 Å². The number of fused-ring (bicyclic) bond motifs is 5. The van der Waals surface area contributed by atoms with Crippen molar-refractivity contribution in [3.63, 3.8) is 0 Å². The summed E-state index contributed by atoms with van der Waals surface area (Å²) in [7, 11) is -4.74. The Kier molecular flexibility index (Phi) is 7.36. The SMILES string of the molecule is C[C@]12CCC3C(CC[C@@H]4C[C@@H](O[Si](C)(C)C)CC[C@]34C)C1C[C@@H](O[Si](C)(C)C)[C@@H]2O[Si](C)(C)C. The van der Waals surface area contributed by atoms with Crippen molar-refractivity contribution in [2.45, 2.75) is 142 Å². The Hall–Kier alpha value is 0.531. The summed E-state index contributed by atoms with van der Waals surface area (Å²) in [6.07, 6.45) is 11.9. The zero-order chi connectivity index (χ0) is 25.3. The van der Waals surface area contributed by atoms with Gasteiger partial charge in [0.1, 0.15) is 0 Å². The van der Waals surface area contributed by atoms with Gasteiger partial charge in [0.15, 0.2) is 25.0 Å². The molecule has 0 heterocycles. The lowest BCUT2D eigenvalue weighted by atomic mass is 9.45. The van der Waals surface area contributed by atoms with Gasteiger partial charge in [-0.1, -0.05) is 13.8 Å². The lowest BCUT2D eigenvalue weighted by molar-refractivity contribution is -0.131. The molecule has 198 valence electrons. The predicted molar refractivity (Wildman–Crippen MR) is 152 cm³/mol. The van der Waals surface area contributed by atoms with Gasteiger partial charge in [-0.25, -0.2) is 0 Å². The van der Waals surface area contributed by atoms with Crippen LogP contribution in [-0.4, -0.2) is 43.3 Å². The minimum absolute atomic E-state index is 0.285. The van der Waals surface area contributed by atoms with Gasteiger partial charge in [-0.3, -0.25) is 0 Å². The summed E-state index contributed by atoms with van der Waals surface area (Å²) in [5, 5.41) is 0. The molecule has 4 aliphatic carbocycles. The van der Waals surface area contributed by atoms with Gasteiger partial charge in [0.05, 0.1) is 12.2 Å². The molecule has 9 atom stereocenters. The molecule has 6 heteroatoms. The van der Waals surface area contributed by atoms with Crippen molar-refractivity contribution in [2.75, 3.05) is 0 Å². The van der Waals surface area contributed by atoms with Crippen molar-refractivity contribution >= 4 is 25.0 Å². The van der Waals surface area contributed by atoms with Crippen LogP contribution in [0.2, 0.25) is 58.9 Å². The Morgan fingerprint density at radius 2 is 1.18 bits per heavy atom. The molecule has 0 aromatic heterocycles. The quantitative estimate of drug-likeness (QED) is 0.327. The second-order valence-electron chi connectivity index (χ2n) is 16.0. The van der Waals surface area contributed by atoms with Crippen LogP contribution in [0.4, 0.5) is 0 Å². The van der Waals surface area contributed by atoms with Crippen molar-refractivity contribution in [1.82, 2.24) is 0 Å². The Morgan fingerprint density at radius 3 is 1.76 bits per heavy atom. The van der Waals surface area contributed by atoms with Crippen molar-refractivity contribution in [3.8, 4) is 0 Å². The minimum Gasteiger partial charge on any atom is -0.415 e. The summed E-state index contributed by atoms with van der Waals surface area (Å²) in [6.45, 7) is 26.5. The monoisotopic (exact) mass is 524 g/mol. The maximum absolute atomic E-state index is 7.03. The van der Waals surface area contributed by atoms with Crippen LogP contribution in [0.1, 0.15) is 65.2 Å². The fourth-order valence-electron chi connectivity index (χ4n) is 8.92. The first kappa shape index (κ1) is 27.6. The lowest BCUT2D eigenvalue weighted by Gasteiger charge is -2.61. The molecule has 0 saturated heterocycles. The third kappa shape index (κ3) is 5.52. The van der Waals surface area contributed by atoms with Crippen LogP contribution >= 0.6 is 0 Å². The first-order valence-corrected chi connectivity index (χ1v) is 24.7. The molecular weight excluding hydrogens is 469 g/mol. The minimum atomic E-state index is -1.65. The van der Waals surface area contributed by atoms with E-state index in [2.05, 4.69) is 72.8 Å². The van der Waals surface area contributed by atoms with E-state index in [4.69, 9.17) is 13.3 Å². The van der Waals surface area contributed by atoms with E-state index in [1.807, 2.05) is 0 Å². The normalized spacial score (nSPS) is 45.4. The third-order valence-electron chi connectivity index (χ3n) is 10.0. The smallest absolute Gasteiger partial charge is 0.184 e. The molecule has 0 bridgehead atoms. The Balaban J connectivity index is 1.56. The molecule has 0 spiro atoms. The van der Waals surface area contributed by atoms with Crippen LogP contribution in [0, 0.1) is 34.5 Å². The predicted octanol–water partition coefficient (Wildman–Crippen LogP) is 8.30. The highest BCUT2D eigenvalue weighted by Gasteiger charge is 2.63. The molecule has 4 rings (SSSR count). The second-order valence-corrected chi connectivity index (χ2v) is 29.4. The third-order valence-corrected chi connectivity index (χ3v) is 13.0. The molecule has 4 fully saturated rings. The van der Waals surface area contributed by atoms with Crippen molar-refractivity contribution in [1.29, 1.82) is 0 Å². The van der Waals surface area contributed by atoms with E-state index < -0.39 is 25.0 Å². The van der Waals surface area contributed by atoms with Crippen LogP contribution < -0.4 is 0 Å². The summed E-state index contributed by atoms with van der Waals surface area (Å²) in [6, 6.07) is 0. The van der Waals surface area contributed by atoms with E-state index in [1.165, 1.54) is 51.4 Å². The first-order valence-electron chi connectivity index (χ1n) is 14.4. The highest BCUT2D eigenvalue weighted by atomic mass is 28.4. The van der Waals surface area contributed by atoms with E-state index in [9.17, 15) is 0 Å². The van der Waals surface area contributed by atoms with Gasteiger partial charge in [-0.05, 0) is 145 Å². The lowest BCUT2D eigenvalue weighted by Crippen LogP contribution is -2.56. The Morgan fingerprint density at radius 1 is 0.588 bits per heavy atom. The molecule has 0 aromatic carbocycles. The summed E-state index contributed by atoms with van der Waals surface area (Å²) in [5.41, 5.74) is 0.795. The van der Waals surface area contributed by atoms with Gasteiger partial charge in [-0.15, -0.1) is 0 Å². The van der Waals surface area contributed by atoms with Gasteiger partial charge < -0.3 is 13.3 Å². The molecule has 4 aliphatic rings. The van der Waals surface area contributed by atoms with Crippen LogP contribution in [-0.2, 0) is 13.3 Å². The Bertz CT molecular complexity index is 739. The van der Waals surface area contributed by atoms with E-state index >= 15 is 0 Å². The molecule has 34 heavy (non-hydrogen) atoms. The highest BCUT2D eigenvalue weighted by molar-refractivity contribution is 6.70. The van der Waals surface area contributed by atoms with Crippen molar-refractivity contribution < 1.29 is 13.3 Å². The maximum atomic E-state index is 7.03. The Labute approximate surface area is 214 Å². The van der Waals surface area contributed by atoms with Gasteiger partial charge in [-0.2, -0.15) is 0 Å². The first-order chi connectivity index (χ1) is 15.4. The van der Waals surface area contributed by atoms with Crippen molar-refractivity contribution in [2.24, 2.45) is 34.5 Å². The summed E-state index contributed by atoms with van der Waals surface area (Å²) < 4.78 is 20.6. The van der Waals surface area contributed by atoms with E-state index in [-0.39, 0.29) is 5.41 Å². The molecule has 0 aliphatic heterocycles. The molecule has 4 saturated carbocycles. The van der Waals surface area contributed by atoms with E-state index in [0.717, 1.165) is 23.7 Å². The zero-order valence-corrected chi connectivity index (χ0v) is 27.4. The molecule has 0 N–H and O–H groups in total. The van der Waals surface area contributed by atoms with Crippen LogP contribution in [0.15, 0.2) is 0 Å². The average Bonchev–Trinajstić information content (AvgIpc) is 2.90. The summed E-state index contributed by atoms with van der Waals surface area (Å²) in [4.78, 5) is 0. The average molecular weight is 525 g/mol. The van der Waals surface area contributed by atoms with E-state index in [0.29, 0.717) is 23.7 Å². The summed E-state index contributed by atoms with van der Waals surface area (Å²) >= 11 is 0. The molecule has 0 aromatic rings.